The van der Waals surface area contributed by atoms with Gasteiger partial charge in [0, 0.05) is 11.4 Å². The molecule has 1 aromatic carbocycles. The maximum absolute atomic E-state index is 13.1. The van der Waals surface area contributed by atoms with Crippen molar-refractivity contribution < 1.29 is 9.18 Å². The summed E-state index contributed by atoms with van der Waals surface area (Å²) in [7, 11) is 0. The second kappa shape index (κ2) is 5.54. The maximum atomic E-state index is 13.1. The average Bonchev–Trinajstić information content (AvgIpc) is 2.82. The van der Waals surface area contributed by atoms with Crippen molar-refractivity contribution in [2.24, 2.45) is 0 Å². The molecule has 3 nitrogen and oxygen atoms in total. The van der Waals surface area contributed by atoms with Gasteiger partial charge in [-0.3, -0.25) is 4.79 Å². The number of aromatic nitrogens is 2. The number of carbonyl (C=O) groups is 1. The van der Waals surface area contributed by atoms with E-state index in [1.165, 1.54) is 18.2 Å². The average molecular weight is 285 g/mol. The normalized spacial score (nSPS) is 10.6. The molecule has 0 unspecified atom stereocenters. The van der Waals surface area contributed by atoms with Crippen molar-refractivity contribution in [1.29, 1.82) is 0 Å². The summed E-state index contributed by atoms with van der Waals surface area (Å²) in [5.74, 6) is -0.533. The number of ketones is 1. The molecule has 94 valence electrons. The number of hydrogen-bond acceptors (Lipinski definition) is 4. The number of halogens is 2. The zero-order chi connectivity index (χ0) is 13.1. The molecule has 0 aliphatic rings. The van der Waals surface area contributed by atoms with Crippen LogP contribution in [-0.4, -0.2) is 15.4 Å². The molecule has 0 radical (unpaired) electrons. The van der Waals surface area contributed by atoms with Gasteiger partial charge in [-0.05, 0) is 41.7 Å². The molecule has 1 aromatic heterocycles. The van der Waals surface area contributed by atoms with Gasteiger partial charge in [0.15, 0.2) is 5.78 Å². The number of rotatable bonds is 4. The lowest BCUT2D eigenvalue weighted by molar-refractivity contribution is 0.0996. The molecule has 0 amide bonds. The smallest absolute Gasteiger partial charge is 0.180 e. The fourth-order valence-corrected chi connectivity index (χ4v) is 2.45. The summed E-state index contributed by atoms with van der Waals surface area (Å²) in [6.07, 6.45) is 0.710. The number of aryl methyl sites for hydroxylation is 1. The second-order valence-corrected chi connectivity index (χ2v) is 4.90. The van der Waals surface area contributed by atoms with Gasteiger partial charge in [0.2, 0.25) is 0 Å². The molecule has 6 heteroatoms. The van der Waals surface area contributed by atoms with Crippen molar-refractivity contribution in [3.8, 4) is 0 Å². The number of carbonyl (C=O) groups excluding carboxylic acids is 1. The third-order valence-corrected chi connectivity index (χ3v) is 3.68. The molecule has 2 aromatic rings. The highest BCUT2D eigenvalue weighted by Crippen LogP contribution is 2.21. The van der Waals surface area contributed by atoms with Gasteiger partial charge >= 0.3 is 0 Å². The standard InChI is InChI=1S/C12H10ClFN2OS/c1-2-10-12(18-16-15-10)11(17)6-7-5-8(14)3-4-9(7)13/h3-5H,2,6H2,1H3. The molecule has 0 fully saturated rings. The summed E-state index contributed by atoms with van der Waals surface area (Å²) in [6.45, 7) is 1.91. The SMILES string of the molecule is CCc1nnsc1C(=O)Cc1cc(F)ccc1Cl. The predicted octanol–water partition coefficient (Wildman–Crippen LogP) is 3.32. The Morgan fingerprint density at radius 3 is 3.00 bits per heavy atom. The molecule has 0 aliphatic carbocycles. The molecular weight excluding hydrogens is 275 g/mol. The number of benzene rings is 1. The number of hydrogen-bond donors (Lipinski definition) is 0. The van der Waals surface area contributed by atoms with Crippen LogP contribution in [-0.2, 0) is 12.8 Å². The first-order valence-electron chi connectivity index (χ1n) is 5.40. The van der Waals surface area contributed by atoms with Gasteiger partial charge in [-0.15, -0.1) is 5.10 Å². The van der Waals surface area contributed by atoms with Crippen LogP contribution in [0.2, 0.25) is 5.02 Å². The third kappa shape index (κ3) is 2.73. The van der Waals surface area contributed by atoms with Crippen molar-refractivity contribution in [3.05, 3.63) is 45.2 Å². The molecular formula is C12H10ClFN2OS. The van der Waals surface area contributed by atoms with Crippen LogP contribution in [0.1, 0.15) is 27.9 Å². The Morgan fingerprint density at radius 2 is 2.28 bits per heavy atom. The van der Waals surface area contributed by atoms with Crippen LogP contribution in [0.5, 0.6) is 0 Å². The van der Waals surface area contributed by atoms with E-state index < -0.39 is 5.82 Å². The molecule has 2 rings (SSSR count). The van der Waals surface area contributed by atoms with E-state index in [0.29, 0.717) is 27.6 Å². The molecule has 0 aliphatic heterocycles. The van der Waals surface area contributed by atoms with Crippen molar-refractivity contribution >= 4 is 28.9 Å². The summed E-state index contributed by atoms with van der Waals surface area (Å²) in [4.78, 5) is 12.6. The van der Waals surface area contributed by atoms with Gasteiger partial charge in [0.05, 0.1) is 5.69 Å². The maximum Gasteiger partial charge on any atom is 0.180 e. The van der Waals surface area contributed by atoms with E-state index in [4.69, 9.17) is 11.6 Å². The molecule has 0 N–H and O–H groups in total. The van der Waals surface area contributed by atoms with Crippen LogP contribution in [0.25, 0.3) is 0 Å². The van der Waals surface area contributed by atoms with Crippen molar-refractivity contribution in [3.63, 3.8) is 0 Å². The summed E-state index contributed by atoms with van der Waals surface area (Å²) >= 11 is 6.99. The van der Waals surface area contributed by atoms with E-state index in [2.05, 4.69) is 9.59 Å². The number of nitrogens with zero attached hydrogens (tertiary/aromatic N) is 2. The first-order chi connectivity index (χ1) is 8.61. The zero-order valence-corrected chi connectivity index (χ0v) is 11.2. The first-order valence-corrected chi connectivity index (χ1v) is 6.55. The van der Waals surface area contributed by atoms with Crippen molar-refractivity contribution in [2.45, 2.75) is 19.8 Å². The van der Waals surface area contributed by atoms with Crippen LogP contribution in [0, 0.1) is 5.82 Å². The van der Waals surface area contributed by atoms with Gasteiger partial charge < -0.3 is 0 Å². The van der Waals surface area contributed by atoms with Gasteiger partial charge in [-0.2, -0.15) is 0 Å². The summed E-state index contributed by atoms with van der Waals surface area (Å²) in [5, 5.41) is 4.27. The fraction of sp³-hybridized carbons (Fsp3) is 0.250. The summed E-state index contributed by atoms with van der Waals surface area (Å²) in [5.41, 5.74) is 1.16. The van der Waals surface area contributed by atoms with E-state index >= 15 is 0 Å². The summed E-state index contributed by atoms with van der Waals surface area (Å²) < 4.78 is 16.9. The Balaban J connectivity index is 2.24. The minimum atomic E-state index is -0.402. The van der Waals surface area contributed by atoms with Crippen LogP contribution in [0.4, 0.5) is 4.39 Å². The minimum Gasteiger partial charge on any atom is -0.293 e. The van der Waals surface area contributed by atoms with Crippen molar-refractivity contribution in [1.82, 2.24) is 9.59 Å². The summed E-state index contributed by atoms with van der Waals surface area (Å²) in [6, 6.07) is 3.99. The highest BCUT2D eigenvalue weighted by molar-refractivity contribution is 7.08. The quantitative estimate of drug-likeness (QED) is 0.809. The van der Waals surface area contributed by atoms with E-state index in [0.717, 1.165) is 11.5 Å². The van der Waals surface area contributed by atoms with Gasteiger partial charge in [-0.1, -0.05) is 23.0 Å². The molecule has 0 saturated heterocycles. The molecule has 0 bridgehead atoms. The fourth-order valence-electron chi connectivity index (χ4n) is 1.58. The molecule has 1 heterocycles. The monoisotopic (exact) mass is 284 g/mol. The molecule has 0 saturated carbocycles. The van der Waals surface area contributed by atoms with Crippen molar-refractivity contribution in [2.75, 3.05) is 0 Å². The lowest BCUT2D eigenvalue weighted by Crippen LogP contribution is -2.05. The van der Waals surface area contributed by atoms with Gasteiger partial charge in [0.1, 0.15) is 10.7 Å². The third-order valence-electron chi connectivity index (χ3n) is 2.50. The Bertz CT molecular complexity index is 585. The Labute approximate surface area is 113 Å². The van der Waals surface area contributed by atoms with Crippen LogP contribution in [0.15, 0.2) is 18.2 Å². The highest BCUT2D eigenvalue weighted by atomic mass is 35.5. The molecule has 0 spiro atoms. The van der Waals surface area contributed by atoms with Crippen LogP contribution >= 0.6 is 23.1 Å². The molecule has 18 heavy (non-hydrogen) atoms. The predicted molar refractivity (Wildman–Crippen MR) is 68.7 cm³/mol. The Morgan fingerprint density at radius 1 is 1.50 bits per heavy atom. The van der Waals surface area contributed by atoms with Crippen LogP contribution < -0.4 is 0 Å². The number of Topliss-reactive ketones (excluding diaryl/α,β-unsaturated/α-hetero) is 1. The second-order valence-electron chi connectivity index (χ2n) is 3.74. The Hall–Kier alpha value is -1.33. The van der Waals surface area contributed by atoms with Gasteiger partial charge in [-0.25, -0.2) is 4.39 Å². The van der Waals surface area contributed by atoms with E-state index in [1.54, 1.807) is 0 Å². The highest BCUT2D eigenvalue weighted by Gasteiger charge is 2.16. The largest absolute Gasteiger partial charge is 0.293 e. The minimum absolute atomic E-state index is 0.0630. The lowest BCUT2D eigenvalue weighted by Gasteiger charge is -2.03. The molecule has 0 atom stereocenters. The van der Waals surface area contributed by atoms with Gasteiger partial charge in [0.25, 0.3) is 0 Å². The van der Waals surface area contributed by atoms with E-state index in [-0.39, 0.29) is 12.2 Å². The van der Waals surface area contributed by atoms with E-state index in [9.17, 15) is 9.18 Å². The van der Waals surface area contributed by atoms with E-state index in [1.807, 2.05) is 6.92 Å². The van der Waals surface area contributed by atoms with Crippen LogP contribution in [0.3, 0.4) is 0 Å². The Kier molecular flexibility index (Phi) is 4.04. The first kappa shape index (κ1) is 13.1. The topological polar surface area (TPSA) is 42.9 Å². The lowest BCUT2D eigenvalue weighted by atomic mass is 10.1. The zero-order valence-electron chi connectivity index (χ0n) is 9.61.